The van der Waals surface area contributed by atoms with Gasteiger partial charge >= 0.3 is 6.09 Å². The maximum atomic E-state index is 11.6. The van der Waals surface area contributed by atoms with Gasteiger partial charge in [0.15, 0.2) is 0 Å². The Kier molecular flexibility index (Phi) is 5.20. The van der Waals surface area contributed by atoms with E-state index in [0.717, 1.165) is 12.1 Å². The summed E-state index contributed by atoms with van der Waals surface area (Å²) in [6, 6.07) is 7.91. The number of aryl methyl sites for hydroxylation is 1. The Morgan fingerprint density at radius 1 is 1.22 bits per heavy atom. The molecule has 0 bridgehead atoms. The summed E-state index contributed by atoms with van der Waals surface area (Å²) < 4.78 is 5.19. The van der Waals surface area contributed by atoms with E-state index in [2.05, 4.69) is 12.2 Å². The zero-order valence-corrected chi connectivity index (χ0v) is 11.7. The second-order valence-corrected chi connectivity index (χ2v) is 5.43. The normalized spacial score (nSPS) is 11.1. The van der Waals surface area contributed by atoms with Crippen molar-refractivity contribution in [3.63, 3.8) is 0 Å². The molecule has 0 aliphatic heterocycles. The van der Waals surface area contributed by atoms with Crippen molar-refractivity contribution in [1.82, 2.24) is 0 Å². The molecule has 0 saturated heterocycles. The SMILES string of the molecule is CCCCc1ccc(NC(=O)OC(C)(C)C)cc1. The summed E-state index contributed by atoms with van der Waals surface area (Å²) in [6.07, 6.45) is 3.06. The van der Waals surface area contributed by atoms with Gasteiger partial charge in [0.05, 0.1) is 0 Å². The van der Waals surface area contributed by atoms with Gasteiger partial charge in [0.1, 0.15) is 5.60 Å². The Morgan fingerprint density at radius 2 is 1.83 bits per heavy atom. The van der Waals surface area contributed by atoms with E-state index in [9.17, 15) is 4.79 Å². The van der Waals surface area contributed by atoms with Gasteiger partial charge < -0.3 is 4.74 Å². The first kappa shape index (κ1) is 14.6. The van der Waals surface area contributed by atoms with Gasteiger partial charge in [0, 0.05) is 5.69 Å². The van der Waals surface area contributed by atoms with Crippen LogP contribution in [-0.4, -0.2) is 11.7 Å². The summed E-state index contributed by atoms with van der Waals surface area (Å²) in [5.41, 5.74) is 1.60. The fraction of sp³-hybridized carbons (Fsp3) is 0.533. The van der Waals surface area contributed by atoms with E-state index in [0.29, 0.717) is 0 Å². The minimum Gasteiger partial charge on any atom is -0.444 e. The van der Waals surface area contributed by atoms with Crippen LogP contribution in [0.25, 0.3) is 0 Å². The highest BCUT2D eigenvalue weighted by molar-refractivity contribution is 5.84. The number of rotatable bonds is 4. The molecule has 0 atom stereocenters. The Hall–Kier alpha value is -1.51. The molecule has 0 heterocycles. The van der Waals surface area contributed by atoms with Crippen LogP contribution in [0.5, 0.6) is 0 Å². The molecule has 1 aromatic carbocycles. The Bertz CT molecular complexity index is 376. The standard InChI is InChI=1S/C15H23NO2/c1-5-6-7-12-8-10-13(11-9-12)16-14(17)18-15(2,3)4/h8-11H,5-7H2,1-4H3,(H,16,17). The summed E-state index contributed by atoms with van der Waals surface area (Å²) in [6.45, 7) is 7.72. The highest BCUT2D eigenvalue weighted by Crippen LogP contribution is 2.14. The fourth-order valence-corrected chi connectivity index (χ4v) is 1.56. The maximum Gasteiger partial charge on any atom is 0.412 e. The van der Waals surface area contributed by atoms with Crippen molar-refractivity contribution in [2.75, 3.05) is 5.32 Å². The molecule has 1 N–H and O–H groups in total. The minimum atomic E-state index is -0.467. The molecule has 0 unspecified atom stereocenters. The second kappa shape index (κ2) is 6.43. The van der Waals surface area contributed by atoms with E-state index in [-0.39, 0.29) is 0 Å². The predicted octanol–water partition coefficient (Wildman–Crippen LogP) is 4.38. The third kappa shape index (κ3) is 5.71. The van der Waals surface area contributed by atoms with E-state index in [1.54, 1.807) is 0 Å². The van der Waals surface area contributed by atoms with Crippen LogP contribution in [0.2, 0.25) is 0 Å². The molecule has 1 rings (SSSR count). The second-order valence-electron chi connectivity index (χ2n) is 5.43. The van der Waals surface area contributed by atoms with Crippen LogP contribution in [0.3, 0.4) is 0 Å². The van der Waals surface area contributed by atoms with E-state index < -0.39 is 11.7 Å². The number of ether oxygens (including phenoxy) is 1. The molecule has 3 nitrogen and oxygen atoms in total. The van der Waals surface area contributed by atoms with Crippen molar-refractivity contribution in [2.45, 2.75) is 52.6 Å². The van der Waals surface area contributed by atoms with E-state index in [1.807, 2.05) is 45.0 Å². The quantitative estimate of drug-likeness (QED) is 0.860. The first-order chi connectivity index (χ1) is 8.40. The van der Waals surface area contributed by atoms with Crippen LogP contribution >= 0.6 is 0 Å². The highest BCUT2D eigenvalue weighted by atomic mass is 16.6. The van der Waals surface area contributed by atoms with Gasteiger partial charge in [0.25, 0.3) is 0 Å². The molecule has 100 valence electrons. The van der Waals surface area contributed by atoms with Crippen molar-refractivity contribution in [3.05, 3.63) is 29.8 Å². The third-order valence-electron chi connectivity index (χ3n) is 2.42. The van der Waals surface area contributed by atoms with Crippen LogP contribution in [-0.2, 0) is 11.2 Å². The number of hydrogen-bond donors (Lipinski definition) is 1. The van der Waals surface area contributed by atoms with Crippen molar-refractivity contribution >= 4 is 11.8 Å². The van der Waals surface area contributed by atoms with Crippen molar-refractivity contribution in [1.29, 1.82) is 0 Å². The number of amides is 1. The maximum absolute atomic E-state index is 11.6. The minimum absolute atomic E-state index is 0.413. The van der Waals surface area contributed by atoms with E-state index in [4.69, 9.17) is 4.74 Å². The highest BCUT2D eigenvalue weighted by Gasteiger charge is 2.15. The first-order valence-corrected chi connectivity index (χ1v) is 6.49. The summed E-state index contributed by atoms with van der Waals surface area (Å²) in [4.78, 5) is 11.6. The van der Waals surface area contributed by atoms with Crippen LogP contribution in [0.1, 0.15) is 46.1 Å². The zero-order chi connectivity index (χ0) is 13.6. The third-order valence-corrected chi connectivity index (χ3v) is 2.42. The lowest BCUT2D eigenvalue weighted by Gasteiger charge is -2.19. The van der Waals surface area contributed by atoms with E-state index in [1.165, 1.54) is 18.4 Å². The number of anilines is 1. The molecule has 0 aromatic heterocycles. The summed E-state index contributed by atoms with van der Waals surface area (Å²) >= 11 is 0. The smallest absolute Gasteiger partial charge is 0.412 e. The lowest BCUT2D eigenvalue weighted by Crippen LogP contribution is -2.27. The number of hydrogen-bond acceptors (Lipinski definition) is 2. The topological polar surface area (TPSA) is 38.3 Å². The lowest BCUT2D eigenvalue weighted by atomic mass is 10.1. The number of unbranched alkanes of at least 4 members (excludes halogenated alkanes) is 1. The van der Waals surface area contributed by atoms with Crippen molar-refractivity contribution in [2.24, 2.45) is 0 Å². The summed E-state index contributed by atoms with van der Waals surface area (Å²) in [5.74, 6) is 0. The average molecular weight is 249 g/mol. The molecule has 0 fully saturated rings. The Labute approximate surface area is 110 Å². The van der Waals surface area contributed by atoms with Gasteiger partial charge in [0.2, 0.25) is 0 Å². The Morgan fingerprint density at radius 3 is 2.33 bits per heavy atom. The largest absolute Gasteiger partial charge is 0.444 e. The Balaban J connectivity index is 2.50. The van der Waals surface area contributed by atoms with Gasteiger partial charge in [-0.25, -0.2) is 4.79 Å². The van der Waals surface area contributed by atoms with Crippen LogP contribution < -0.4 is 5.32 Å². The molecule has 1 amide bonds. The van der Waals surface area contributed by atoms with Gasteiger partial charge in [-0.2, -0.15) is 0 Å². The van der Waals surface area contributed by atoms with Crippen LogP contribution in [0, 0.1) is 0 Å². The molecule has 0 aliphatic rings. The molecule has 18 heavy (non-hydrogen) atoms. The molecule has 0 saturated carbocycles. The molecule has 1 aromatic rings. The average Bonchev–Trinajstić information content (AvgIpc) is 2.25. The molecule has 0 radical (unpaired) electrons. The number of benzene rings is 1. The molecule has 0 aliphatic carbocycles. The molecule has 3 heteroatoms. The van der Waals surface area contributed by atoms with E-state index >= 15 is 0 Å². The molecular weight excluding hydrogens is 226 g/mol. The lowest BCUT2D eigenvalue weighted by molar-refractivity contribution is 0.0636. The molecule has 0 spiro atoms. The van der Waals surface area contributed by atoms with Gasteiger partial charge in [-0.15, -0.1) is 0 Å². The van der Waals surface area contributed by atoms with Gasteiger partial charge in [-0.3, -0.25) is 5.32 Å². The number of nitrogens with one attached hydrogen (secondary N) is 1. The monoisotopic (exact) mass is 249 g/mol. The zero-order valence-electron chi connectivity index (χ0n) is 11.7. The number of carbonyl (C=O) groups is 1. The van der Waals surface area contributed by atoms with Crippen molar-refractivity contribution in [3.8, 4) is 0 Å². The summed E-state index contributed by atoms with van der Waals surface area (Å²) in [5, 5.41) is 2.72. The predicted molar refractivity (Wildman–Crippen MR) is 74.9 cm³/mol. The van der Waals surface area contributed by atoms with Crippen molar-refractivity contribution < 1.29 is 9.53 Å². The first-order valence-electron chi connectivity index (χ1n) is 6.49. The van der Waals surface area contributed by atoms with Crippen LogP contribution in [0.4, 0.5) is 10.5 Å². The fourth-order valence-electron chi connectivity index (χ4n) is 1.56. The number of carbonyl (C=O) groups excluding carboxylic acids is 1. The van der Waals surface area contributed by atoms with Crippen LogP contribution in [0.15, 0.2) is 24.3 Å². The summed E-state index contributed by atoms with van der Waals surface area (Å²) in [7, 11) is 0. The molecular formula is C15H23NO2. The van der Waals surface area contributed by atoms with Gasteiger partial charge in [-0.05, 0) is 51.3 Å². The van der Waals surface area contributed by atoms with Gasteiger partial charge in [-0.1, -0.05) is 25.5 Å².